The van der Waals surface area contributed by atoms with Crippen LogP contribution in [0, 0.1) is 0 Å². The van der Waals surface area contributed by atoms with Crippen molar-refractivity contribution in [2.75, 3.05) is 7.11 Å². The van der Waals surface area contributed by atoms with Crippen LogP contribution in [0.25, 0.3) is 21.7 Å². The van der Waals surface area contributed by atoms with Crippen LogP contribution in [-0.4, -0.2) is 23.0 Å². The largest absolute Gasteiger partial charge is 0.493 e. The number of hydrogen-bond donors (Lipinski definition) is 0. The summed E-state index contributed by atoms with van der Waals surface area (Å²) >= 11 is 10.8. The summed E-state index contributed by atoms with van der Waals surface area (Å²) < 4.78 is 15.6. The maximum absolute atomic E-state index is 13.5. The molecule has 0 aliphatic heterocycles. The van der Waals surface area contributed by atoms with Gasteiger partial charge >= 0.3 is 0 Å². The van der Waals surface area contributed by atoms with E-state index in [2.05, 4.69) is 84.1 Å². The number of aromatic nitrogens is 2. The van der Waals surface area contributed by atoms with Gasteiger partial charge in [-0.3, -0.25) is 4.79 Å². The molecule has 0 atom stereocenters. The molecule has 0 aliphatic carbocycles. The van der Waals surface area contributed by atoms with Crippen LogP contribution in [0.4, 0.5) is 0 Å². The molecular weight excluding hydrogens is 702 g/mol. The molecule has 6 nitrogen and oxygen atoms in total. The van der Waals surface area contributed by atoms with Gasteiger partial charge in [-0.05, 0) is 78.9 Å². The first-order valence-electron chi connectivity index (χ1n) is 12.8. The van der Waals surface area contributed by atoms with E-state index in [0.717, 1.165) is 38.1 Å². The molecule has 0 N–H and O–H groups in total. The fourth-order valence-corrected chi connectivity index (χ4v) is 5.78. The minimum atomic E-state index is -0.217. The van der Waals surface area contributed by atoms with Crippen molar-refractivity contribution >= 4 is 75.7 Å². The molecule has 5 aromatic rings. The van der Waals surface area contributed by atoms with Crippen LogP contribution in [0.1, 0.15) is 36.7 Å². The van der Waals surface area contributed by atoms with Crippen molar-refractivity contribution in [3.63, 3.8) is 0 Å². The topological polar surface area (TPSA) is 65.7 Å². The van der Waals surface area contributed by atoms with Gasteiger partial charge in [0, 0.05) is 20.9 Å². The van der Waals surface area contributed by atoms with Gasteiger partial charge in [0.1, 0.15) is 12.4 Å². The van der Waals surface area contributed by atoms with E-state index < -0.39 is 0 Å². The number of nitrogens with zero attached hydrogens (tertiary/aromatic N) is 3. The number of methoxy groups -OCH3 is 1. The van der Waals surface area contributed by atoms with Crippen molar-refractivity contribution in [2.24, 2.45) is 5.10 Å². The van der Waals surface area contributed by atoms with E-state index in [1.54, 1.807) is 19.4 Å². The second-order valence-electron chi connectivity index (χ2n) is 9.21. The fourth-order valence-electron chi connectivity index (χ4n) is 4.48. The Hall–Kier alpha value is -3.01. The highest BCUT2D eigenvalue weighted by Crippen LogP contribution is 2.43. The lowest BCUT2D eigenvalue weighted by Crippen LogP contribution is -2.22. The average molecular weight is 728 g/mol. The Kier molecular flexibility index (Phi) is 9.03. The Balaban J connectivity index is 1.50. The van der Waals surface area contributed by atoms with Gasteiger partial charge in [-0.1, -0.05) is 71.7 Å². The van der Waals surface area contributed by atoms with Gasteiger partial charge in [-0.15, -0.1) is 0 Å². The quantitative estimate of drug-likeness (QED) is 0.143. The maximum atomic E-state index is 13.5. The van der Waals surface area contributed by atoms with Crippen molar-refractivity contribution in [2.45, 2.75) is 32.8 Å². The molecule has 1 aromatic heterocycles. The van der Waals surface area contributed by atoms with Crippen molar-refractivity contribution in [3.8, 4) is 11.5 Å². The van der Waals surface area contributed by atoms with Crippen LogP contribution in [0.5, 0.6) is 11.5 Å². The molecule has 4 aromatic carbocycles. The van der Waals surface area contributed by atoms with Crippen LogP contribution in [0.2, 0.25) is 0 Å². The van der Waals surface area contributed by atoms with Crippen LogP contribution >= 0.6 is 47.8 Å². The van der Waals surface area contributed by atoms with Gasteiger partial charge in [0.15, 0.2) is 11.5 Å². The molecule has 204 valence electrons. The molecule has 9 heteroatoms. The summed E-state index contributed by atoms with van der Waals surface area (Å²) in [5.74, 6) is 1.73. The van der Waals surface area contributed by atoms with Crippen molar-refractivity contribution in [1.29, 1.82) is 0 Å². The number of hydrogen-bond acceptors (Lipinski definition) is 5. The molecule has 5 rings (SSSR count). The first kappa shape index (κ1) is 28.5. The average Bonchev–Trinajstić information content (AvgIpc) is 2.97. The first-order valence-corrected chi connectivity index (χ1v) is 15.2. The monoisotopic (exact) mass is 725 g/mol. The Bertz CT molecular complexity index is 1800. The number of unbranched alkanes of at least 4 members (excludes halogenated alkanes) is 1. The molecular formula is C31H26Br3N3O3. The molecule has 0 radical (unpaired) electrons. The summed E-state index contributed by atoms with van der Waals surface area (Å²) in [6, 6.07) is 21.7. The number of halogens is 3. The molecule has 1 heterocycles. The number of aryl methyl sites for hydroxylation is 1. The third-order valence-corrected chi connectivity index (χ3v) is 9.21. The van der Waals surface area contributed by atoms with Gasteiger partial charge in [-0.2, -0.15) is 9.78 Å². The zero-order valence-corrected chi connectivity index (χ0v) is 26.7. The summed E-state index contributed by atoms with van der Waals surface area (Å²) in [5.41, 5.74) is 2.22. The third kappa shape index (κ3) is 5.87. The summed E-state index contributed by atoms with van der Waals surface area (Å²) in [5, 5.41) is 7.40. The molecule has 0 unspecified atom stereocenters. The zero-order chi connectivity index (χ0) is 28.2. The van der Waals surface area contributed by atoms with Gasteiger partial charge in [0.05, 0.1) is 28.7 Å². The predicted molar refractivity (Wildman–Crippen MR) is 172 cm³/mol. The molecule has 0 bridgehead atoms. The van der Waals surface area contributed by atoms with E-state index in [9.17, 15) is 4.79 Å². The number of ether oxygens (including phenoxy) is 2. The van der Waals surface area contributed by atoms with E-state index in [1.165, 1.54) is 4.68 Å². The zero-order valence-electron chi connectivity index (χ0n) is 22.0. The lowest BCUT2D eigenvalue weighted by Gasteiger charge is -2.16. The standard InChI is InChI=1S/C31H26Br3N3O3/c1-3-4-12-27-36-25-14-13-22(32)16-24(25)31(38)37(27)35-17-21-15-26(39-2)30(29(34)28(21)33)40-18-20-10-7-9-19-8-5-6-11-23(19)20/h5-11,13-17H,3-4,12,18H2,1-2H3. The molecule has 40 heavy (non-hydrogen) atoms. The van der Waals surface area contributed by atoms with Crippen molar-refractivity contribution in [3.05, 3.63) is 107 Å². The lowest BCUT2D eigenvalue weighted by molar-refractivity contribution is 0.283. The molecule has 0 aliphatic rings. The van der Waals surface area contributed by atoms with Crippen LogP contribution in [0.3, 0.4) is 0 Å². The Labute approximate surface area is 257 Å². The maximum Gasteiger partial charge on any atom is 0.282 e. The molecule has 0 spiro atoms. The SMILES string of the molecule is CCCCc1nc2ccc(Br)cc2c(=O)n1N=Cc1cc(OC)c(OCc2cccc3ccccc23)c(Br)c1Br. The normalized spacial score (nSPS) is 11.5. The summed E-state index contributed by atoms with van der Waals surface area (Å²) in [4.78, 5) is 18.2. The predicted octanol–water partition coefficient (Wildman–Crippen LogP) is 8.65. The highest BCUT2D eigenvalue weighted by atomic mass is 79.9. The smallest absolute Gasteiger partial charge is 0.282 e. The van der Waals surface area contributed by atoms with Crippen LogP contribution in [-0.2, 0) is 13.0 Å². The minimum absolute atomic E-state index is 0.217. The fraction of sp³-hybridized carbons (Fsp3) is 0.194. The van der Waals surface area contributed by atoms with E-state index in [0.29, 0.717) is 51.3 Å². The van der Waals surface area contributed by atoms with Crippen molar-refractivity contribution < 1.29 is 9.47 Å². The summed E-state index contributed by atoms with van der Waals surface area (Å²) in [6.45, 7) is 2.47. The first-order chi connectivity index (χ1) is 19.4. The second kappa shape index (κ2) is 12.7. The molecule has 0 amide bonds. The van der Waals surface area contributed by atoms with Crippen LogP contribution < -0.4 is 15.0 Å². The highest BCUT2D eigenvalue weighted by molar-refractivity contribution is 9.13. The summed E-state index contributed by atoms with van der Waals surface area (Å²) in [7, 11) is 1.60. The number of fused-ring (bicyclic) bond motifs is 2. The van der Waals surface area contributed by atoms with Gasteiger partial charge in [0.2, 0.25) is 0 Å². The summed E-state index contributed by atoms with van der Waals surface area (Å²) in [6.07, 6.45) is 4.15. The Morgan fingerprint density at radius 3 is 2.58 bits per heavy atom. The number of rotatable bonds is 9. The minimum Gasteiger partial charge on any atom is -0.493 e. The van der Waals surface area contributed by atoms with Gasteiger partial charge in [0.25, 0.3) is 5.56 Å². The van der Waals surface area contributed by atoms with E-state index in [-0.39, 0.29) is 5.56 Å². The molecule has 0 saturated carbocycles. The highest BCUT2D eigenvalue weighted by Gasteiger charge is 2.18. The van der Waals surface area contributed by atoms with Gasteiger partial charge < -0.3 is 9.47 Å². The molecule has 0 fully saturated rings. The Morgan fingerprint density at radius 2 is 1.77 bits per heavy atom. The molecule has 0 saturated heterocycles. The van der Waals surface area contributed by atoms with Gasteiger partial charge in [-0.25, -0.2) is 4.98 Å². The van der Waals surface area contributed by atoms with E-state index >= 15 is 0 Å². The lowest BCUT2D eigenvalue weighted by atomic mass is 10.1. The Morgan fingerprint density at radius 1 is 0.975 bits per heavy atom. The second-order valence-corrected chi connectivity index (χ2v) is 11.7. The number of benzene rings is 4. The van der Waals surface area contributed by atoms with E-state index in [1.807, 2.05) is 36.4 Å². The van der Waals surface area contributed by atoms with Crippen molar-refractivity contribution in [1.82, 2.24) is 9.66 Å². The van der Waals surface area contributed by atoms with E-state index in [4.69, 9.17) is 14.5 Å². The van der Waals surface area contributed by atoms with Crippen LogP contribution in [0.15, 0.2) is 90.0 Å². The third-order valence-electron chi connectivity index (χ3n) is 6.57.